The second-order valence-electron chi connectivity index (χ2n) is 3.24. The summed E-state index contributed by atoms with van der Waals surface area (Å²) in [6.45, 7) is 13.5. The Morgan fingerprint density at radius 3 is 1.81 bits per heavy atom. The topological polar surface area (TPSA) is 68.9 Å². The summed E-state index contributed by atoms with van der Waals surface area (Å²) in [6, 6.07) is 10.4. The normalized spacial score (nSPS) is 13.5. The molecule has 0 unspecified atom stereocenters. The maximum Gasteiger partial charge on any atom is 0 e. The molecule has 1 fully saturated rings. The molecule has 5 radical (unpaired) electrons. The van der Waals surface area contributed by atoms with Crippen molar-refractivity contribution in [3.8, 4) is 0 Å². The van der Waals surface area contributed by atoms with Gasteiger partial charge in [0.2, 0.25) is 0 Å². The molecule has 1 saturated carbocycles. The Morgan fingerprint density at radius 2 is 1.43 bits per heavy atom. The molecule has 1 aromatic carbocycles. The van der Waals surface area contributed by atoms with Gasteiger partial charge in [-0.25, -0.2) is 0 Å². The van der Waals surface area contributed by atoms with Crippen molar-refractivity contribution >= 4 is 0 Å². The van der Waals surface area contributed by atoms with Crippen LogP contribution in [0.5, 0.6) is 0 Å². The monoisotopic (exact) mass is 325 g/mol. The first kappa shape index (κ1) is 24.9. The van der Waals surface area contributed by atoms with Gasteiger partial charge in [0, 0.05) is 36.5 Å². The van der Waals surface area contributed by atoms with E-state index in [0.29, 0.717) is 0 Å². The standard InChI is InChI=1S/C13H13O.3CO.Fe/c1-14-13-9-7-12(8-10-13)11-5-3-2-4-6-11;3*1-2;/h2-7,9-10H,8H2,1H3;;;;. The molecular formula is C16H13FeO4. The van der Waals surface area contributed by atoms with Crippen molar-refractivity contribution < 1.29 is 35.8 Å². The third kappa shape index (κ3) is 10.3. The van der Waals surface area contributed by atoms with Gasteiger partial charge >= 0.3 is 33.9 Å². The minimum absolute atomic E-state index is 0. The summed E-state index contributed by atoms with van der Waals surface area (Å²) in [6.07, 6.45) is 8.12. The molecule has 21 heavy (non-hydrogen) atoms. The van der Waals surface area contributed by atoms with Crippen LogP contribution in [-0.4, -0.2) is 7.11 Å². The molecular weight excluding hydrogens is 312 g/mol. The van der Waals surface area contributed by atoms with Gasteiger partial charge in [0.1, 0.15) is 6.10 Å². The van der Waals surface area contributed by atoms with Crippen LogP contribution in [0.15, 0.2) is 30.3 Å². The molecule has 2 rings (SSSR count). The molecule has 0 saturated heterocycles. The molecule has 0 heterocycles. The summed E-state index contributed by atoms with van der Waals surface area (Å²) in [7, 11) is 1.70. The molecule has 0 atom stereocenters. The maximum atomic E-state index is 7.50. The first-order valence-electron chi connectivity index (χ1n) is 5.35. The Morgan fingerprint density at radius 1 is 0.905 bits per heavy atom. The molecule has 109 valence electrons. The van der Waals surface area contributed by atoms with E-state index in [1.807, 2.05) is 12.5 Å². The summed E-state index contributed by atoms with van der Waals surface area (Å²) in [5.74, 6) is 1.34. The minimum atomic E-state index is 0. The number of hydrogen-bond acceptors (Lipinski definition) is 1. The van der Waals surface area contributed by atoms with Crippen molar-refractivity contribution in [2.75, 3.05) is 7.11 Å². The number of rotatable bonds is 2. The third-order valence-electron chi connectivity index (χ3n) is 2.35. The largest absolute Gasteiger partial charge is 0 e. The van der Waals surface area contributed by atoms with E-state index in [2.05, 4.69) is 57.1 Å². The summed E-state index contributed by atoms with van der Waals surface area (Å²) in [5.41, 5.74) is 1.29. The molecule has 0 N–H and O–H groups in total. The van der Waals surface area contributed by atoms with Crippen molar-refractivity contribution in [1.82, 2.24) is 0 Å². The van der Waals surface area contributed by atoms with Crippen molar-refractivity contribution in [3.05, 3.63) is 87.1 Å². The summed E-state index contributed by atoms with van der Waals surface area (Å²) in [4.78, 5) is 0. The third-order valence-corrected chi connectivity index (χ3v) is 2.35. The summed E-state index contributed by atoms with van der Waals surface area (Å²) in [5, 5.41) is 0. The predicted octanol–water partition coefficient (Wildman–Crippen LogP) is 2.69. The molecule has 0 bridgehead atoms. The van der Waals surface area contributed by atoms with E-state index in [0.717, 1.165) is 12.5 Å². The Hall–Kier alpha value is -1.08. The first-order valence-corrected chi connectivity index (χ1v) is 5.35. The Bertz CT molecular complexity index is 364. The van der Waals surface area contributed by atoms with Gasteiger partial charge < -0.3 is 4.74 Å². The molecule has 4 nitrogen and oxygen atoms in total. The molecule has 1 aliphatic rings. The Balaban J connectivity index is -0.000000414. The second kappa shape index (κ2) is 18.9. The fraction of sp³-hybridized carbons (Fsp3) is 0.125. The van der Waals surface area contributed by atoms with Crippen LogP contribution in [-0.2, 0) is 35.8 Å². The van der Waals surface area contributed by atoms with Crippen molar-refractivity contribution in [1.29, 1.82) is 0 Å². The summed E-state index contributed by atoms with van der Waals surface area (Å²) < 4.78 is 27.6. The van der Waals surface area contributed by atoms with Gasteiger partial charge in [-0.15, -0.1) is 0 Å². The number of hydrogen-bond donors (Lipinski definition) is 0. The average Bonchev–Trinajstić information content (AvgIpc) is 2.61. The molecule has 0 aromatic heterocycles. The maximum absolute atomic E-state index is 7.50. The van der Waals surface area contributed by atoms with Gasteiger partial charge in [-0.3, -0.25) is 0 Å². The molecule has 5 heteroatoms. The van der Waals surface area contributed by atoms with Crippen molar-refractivity contribution in [2.45, 2.75) is 6.42 Å². The van der Waals surface area contributed by atoms with E-state index in [-0.39, 0.29) is 17.1 Å². The predicted molar refractivity (Wildman–Crippen MR) is 68.3 cm³/mol. The van der Waals surface area contributed by atoms with E-state index in [4.69, 9.17) is 18.7 Å². The van der Waals surface area contributed by atoms with Gasteiger partial charge in [0.05, 0.1) is 0 Å². The molecule has 0 amide bonds. The van der Waals surface area contributed by atoms with E-state index in [1.54, 1.807) is 7.11 Å². The van der Waals surface area contributed by atoms with Gasteiger partial charge in [0.25, 0.3) is 0 Å². The van der Waals surface area contributed by atoms with Gasteiger partial charge in [-0.2, -0.15) is 0 Å². The van der Waals surface area contributed by atoms with Crippen molar-refractivity contribution in [2.24, 2.45) is 0 Å². The Kier molecular flexibility index (Phi) is 22.4. The zero-order chi connectivity index (χ0) is 15.8. The van der Waals surface area contributed by atoms with Crippen LogP contribution < -0.4 is 0 Å². The van der Waals surface area contributed by atoms with E-state index in [1.165, 1.54) is 11.5 Å². The van der Waals surface area contributed by atoms with Gasteiger partial charge in [0.15, 0.2) is 0 Å². The fourth-order valence-electron chi connectivity index (χ4n) is 1.55. The minimum Gasteiger partial charge on any atom is 0 e. The van der Waals surface area contributed by atoms with E-state index >= 15 is 0 Å². The number of ether oxygens (including phenoxy) is 1. The number of methoxy groups -OCH3 is 1. The molecule has 1 aromatic rings. The van der Waals surface area contributed by atoms with Crippen LogP contribution >= 0.6 is 0 Å². The van der Waals surface area contributed by atoms with Gasteiger partial charge in [-0.05, 0) is 24.8 Å². The van der Waals surface area contributed by atoms with Gasteiger partial charge in [-0.1, -0.05) is 30.3 Å². The molecule has 0 aliphatic heterocycles. The van der Waals surface area contributed by atoms with Crippen LogP contribution in [0.1, 0.15) is 12.0 Å². The van der Waals surface area contributed by atoms with Crippen LogP contribution in [0.25, 0.3) is 0 Å². The van der Waals surface area contributed by atoms with Crippen LogP contribution in [0, 0.1) is 51.2 Å². The first-order chi connectivity index (χ1) is 9.90. The van der Waals surface area contributed by atoms with Crippen LogP contribution in [0.3, 0.4) is 0 Å². The van der Waals surface area contributed by atoms with E-state index in [9.17, 15) is 0 Å². The fourth-order valence-corrected chi connectivity index (χ4v) is 1.55. The average molecular weight is 325 g/mol. The Labute approximate surface area is 136 Å². The summed E-state index contributed by atoms with van der Waals surface area (Å²) >= 11 is 0. The SMILES string of the molecule is CO[C]1[CH][CH][C](c2ccccc2)C[CH]1.[C-]#[O+].[C-]#[O+].[C-]#[O+].[Fe]. The zero-order valence-electron chi connectivity index (χ0n) is 11.3. The number of benzene rings is 1. The second-order valence-corrected chi connectivity index (χ2v) is 3.24. The van der Waals surface area contributed by atoms with E-state index < -0.39 is 0 Å². The smallest absolute Gasteiger partial charge is 0 e. The zero-order valence-corrected chi connectivity index (χ0v) is 12.4. The van der Waals surface area contributed by atoms with Crippen LogP contribution in [0.4, 0.5) is 0 Å². The molecule has 1 aliphatic carbocycles. The van der Waals surface area contributed by atoms with Crippen LogP contribution in [0.2, 0.25) is 0 Å². The molecule has 0 spiro atoms. The van der Waals surface area contributed by atoms with Crippen molar-refractivity contribution in [3.63, 3.8) is 0 Å². The quantitative estimate of drug-likeness (QED) is 0.468.